The van der Waals surface area contributed by atoms with Crippen LogP contribution in [0.1, 0.15) is 12.0 Å². The molecule has 262 valence electrons. The van der Waals surface area contributed by atoms with Crippen molar-refractivity contribution in [2.75, 3.05) is 60.5 Å². The maximum Gasteiger partial charge on any atom is 0.404 e. The number of amides is 1. The molecule has 0 saturated carbocycles. The Morgan fingerprint density at radius 2 is 1.82 bits per heavy atom. The van der Waals surface area contributed by atoms with E-state index in [4.69, 9.17) is 14.6 Å². The Kier molecular flexibility index (Phi) is 10.4. The minimum atomic E-state index is -3.72. The van der Waals surface area contributed by atoms with E-state index >= 15 is 0 Å². The lowest BCUT2D eigenvalue weighted by Crippen LogP contribution is -2.36. The summed E-state index contributed by atoms with van der Waals surface area (Å²) in [7, 11) is -4.99. The number of hydrogen-bond acceptors (Lipinski definition) is 9. The minimum absolute atomic E-state index is 0.155. The maximum atomic E-state index is 13.3. The van der Waals surface area contributed by atoms with Crippen molar-refractivity contribution in [2.45, 2.75) is 50.6 Å². The highest BCUT2D eigenvalue weighted by Gasteiger charge is 2.25. The van der Waals surface area contributed by atoms with Crippen LogP contribution < -0.4 is 19.8 Å². The lowest BCUT2D eigenvalue weighted by atomic mass is 10.1. The summed E-state index contributed by atoms with van der Waals surface area (Å²) in [6, 6.07) is 17.7. The summed E-state index contributed by atoms with van der Waals surface area (Å²) in [6.45, 7) is 12.0. The molecular weight excluding hydrogens is 663 g/mol. The number of nitrogens with one attached hydrogen (secondary N) is 2. The van der Waals surface area contributed by atoms with Gasteiger partial charge in [0.15, 0.2) is 0 Å². The first-order chi connectivity index (χ1) is 23.4. The normalized spacial score (nSPS) is 17.1. The highest BCUT2D eigenvalue weighted by Crippen LogP contribution is 2.33. The van der Waals surface area contributed by atoms with Crippen LogP contribution in [-0.2, 0) is 32.0 Å². The van der Waals surface area contributed by atoms with E-state index in [-0.39, 0.29) is 11.8 Å². The molecule has 15 heteroatoms. The molecule has 2 aliphatic rings. The van der Waals surface area contributed by atoms with Crippen molar-refractivity contribution in [3.8, 4) is 11.3 Å². The molecule has 4 aromatic rings. The summed E-state index contributed by atoms with van der Waals surface area (Å²) in [5, 5.41) is 12.5. The average Bonchev–Trinajstić information content (AvgIpc) is 3.67. The standard InChI is InChI=1S/C34H45N7O6SSi/c1-49(2,3)18-17-47-24-41-31(20-30-32(35-23-36-33(30)41)39-13-15-46-16-14-39)26-7-9-27(10-8-26)38-48(44,45)22-25-5-4-6-29(19-25)40-12-11-28(21-40)37-34(42)43/h4-10,19-20,23,28,37-38H,11-18,21-22,24H2,1-3H3,(H,42,43)/t28-/m0/s1. The molecule has 2 aromatic heterocycles. The number of ether oxygens (including phenoxy) is 2. The third-order valence-corrected chi connectivity index (χ3v) is 11.8. The quantitative estimate of drug-likeness (QED) is 0.127. The van der Waals surface area contributed by atoms with Crippen LogP contribution in [0.25, 0.3) is 22.3 Å². The van der Waals surface area contributed by atoms with Gasteiger partial charge in [0.2, 0.25) is 10.0 Å². The van der Waals surface area contributed by atoms with E-state index in [1.165, 1.54) is 0 Å². The lowest BCUT2D eigenvalue weighted by molar-refractivity contribution is 0.0909. The zero-order chi connectivity index (χ0) is 34.6. The fourth-order valence-electron chi connectivity index (χ4n) is 6.26. The Morgan fingerprint density at radius 3 is 2.55 bits per heavy atom. The second kappa shape index (κ2) is 14.7. The fourth-order valence-corrected chi connectivity index (χ4v) is 8.20. The molecule has 49 heavy (non-hydrogen) atoms. The average molecular weight is 708 g/mol. The van der Waals surface area contributed by atoms with Gasteiger partial charge in [-0.05, 0) is 53.9 Å². The smallest absolute Gasteiger partial charge is 0.404 e. The van der Waals surface area contributed by atoms with Gasteiger partial charge in [-0.25, -0.2) is 23.2 Å². The lowest BCUT2D eigenvalue weighted by Gasteiger charge is -2.28. The summed E-state index contributed by atoms with van der Waals surface area (Å²) in [4.78, 5) is 24.6. The number of morpholine rings is 1. The van der Waals surface area contributed by atoms with Crippen molar-refractivity contribution in [2.24, 2.45) is 0 Å². The molecule has 0 unspecified atom stereocenters. The second-order valence-electron chi connectivity index (χ2n) is 13.8. The number of carbonyl (C=O) groups is 1. The van der Waals surface area contributed by atoms with E-state index in [2.05, 4.69) is 60.1 Å². The van der Waals surface area contributed by atoms with Crippen LogP contribution in [0.15, 0.2) is 60.9 Å². The Bertz CT molecular complexity index is 1870. The molecular formula is C34H45N7O6SSi. The number of nitrogens with zero attached hydrogens (tertiary/aromatic N) is 5. The predicted molar refractivity (Wildman–Crippen MR) is 195 cm³/mol. The van der Waals surface area contributed by atoms with E-state index in [9.17, 15) is 13.2 Å². The Morgan fingerprint density at radius 1 is 1.04 bits per heavy atom. The third-order valence-electron chi connectivity index (χ3n) is 8.80. The largest absolute Gasteiger partial charge is 0.465 e. The molecule has 0 bridgehead atoms. The Labute approximate surface area is 288 Å². The number of aromatic nitrogens is 3. The van der Waals surface area contributed by atoms with Gasteiger partial charge in [-0.1, -0.05) is 43.9 Å². The van der Waals surface area contributed by atoms with Crippen molar-refractivity contribution in [1.29, 1.82) is 0 Å². The van der Waals surface area contributed by atoms with Crippen LogP contribution >= 0.6 is 0 Å². The van der Waals surface area contributed by atoms with E-state index in [1.807, 2.05) is 30.3 Å². The molecule has 2 aliphatic heterocycles. The van der Waals surface area contributed by atoms with Gasteiger partial charge in [0.1, 0.15) is 24.5 Å². The number of sulfonamides is 1. The number of benzene rings is 2. The minimum Gasteiger partial charge on any atom is -0.465 e. The number of rotatable bonds is 13. The molecule has 2 aromatic carbocycles. The van der Waals surface area contributed by atoms with Gasteiger partial charge >= 0.3 is 6.09 Å². The first-order valence-corrected chi connectivity index (χ1v) is 22.0. The molecule has 1 atom stereocenters. The molecule has 3 N–H and O–H groups in total. The van der Waals surface area contributed by atoms with Crippen molar-refractivity contribution < 1.29 is 27.8 Å². The molecule has 13 nitrogen and oxygen atoms in total. The molecule has 0 radical (unpaired) electrons. The monoisotopic (exact) mass is 707 g/mol. The van der Waals surface area contributed by atoms with Gasteiger partial charge < -0.3 is 34.3 Å². The summed E-state index contributed by atoms with van der Waals surface area (Å²) in [5.41, 5.74) is 4.57. The first kappa shape index (κ1) is 34.7. The molecule has 0 aliphatic carbocycles. The van der Waals surface area contributed by atoms with E-state index in [0.717, 1.165) is 52.9 Å². The molecule has 2 saturated heterocycles. The van der Waals surface area contributed by atoms with E-state index < -0.39 is 24.2 Å². The van der Waals surface area contributed by atoms with Gasteiger partial charge in [0, 0.05) is 52.2 Å². The highest BCUT2D eigenvalue weighted by atomic mass is 32.2. The van der Waals surface area contributed by atoms with Crippen molar-refractivity contribution in [1.82, 2.24) is 19.9 Å². The molecule has 0 spiro atoms. The fraction of sp³-hybridized carbons (Fsp3) is 0.441. The Balaban J connectivity index is 1.19. The number of hydrogen-bond donors (Lipinski definition) is 3. The predicted octanol–water partition coefficient (Wildman–Crippen LogP) is 5.04. The summed E-state index contributed by atoms with van der Waals surface area (Å²) in [5.74, 6) is 0.671. The van der Waals surface area contributed by atoms with E-state index in [1.54, 1.807) is 24.5 Å². The van der Waals surface area contributed by atoms with Crippen molar-refractivity contribution in [3.63, 3.8) is 0 Å². The zero-order valence-electron chi connectivity index (χ0n) is 28.3. The zero-order valence-corrected chi connectivity index (χ0v) is 30.1. The van der Waals surface area contributed by atoms with Crippen molar-refractivity contribution >= 4 is 52.4 Å². The van der Waals surface area contributed by atoms with Gasteiger partial charge in [0.25, 0.3) is 0 Å². The van der Waals surface area contributed by atoms with Crippen LogP contribution in [0.3, 0.4) is 0 Å². The molecule has 2 fully saturated rings. The molecule has 4 heterocycles. The molecule has 6 rings (SSSR count). The van der Waals surface area contributed by atoms with Crippen molar-refractivity contribution in [3.05, 3.63) is 66.5 Å². The van der Waals surface area contributed by atoms with E-state index in [0.29, 0.717) is 57.3 Å². The number of anilines is 3. The third kappa shape index (κ3) is 8.89. The summed E-state index contributed by atoms with van der Waals surface area (Å²) < 4.78 is 43.1. The van der Waals surface area contributed by atoms with Gasteiger partial charge in [-0.15, -0.1) is 0 Å². The summed E-state index contributed by atoms with van der Waals surface area (Å²) in [6.07, 6.45) is 1.25. The van der Waals surface area contributed by atoms with Crippen LogP contribution in [-0.4, -0.2) is 94.3 Å². The highest BCUT2D eigenvalue weighted by molar-refractivity contribution is 7.91. The SMILES string of the molecule is C[Si](C)(C)CCOCn1c(-c2ccc(NS(=O)(=O)Cc3cccc(N4CC[C@H](NC(=O)O)C4)c3)cc2)cc2c(N3CCOCC3)ncnc21. The number of fused-ring (bicyclic) bond motifs is 1. The first-order valence-electron chi connectivity index (χ1n) is 16.6. The van der Waals surface area contributed by atoms with Crippen LogP contribution in [0, 0.1) is 0 Å². The van der Waals surface area contributed by atoms with Crippen LogP contribution in [0.4, 0.5) is 22.0 Å². The van der Waals surface area contributed by atoms with Gasteiger partial charge in [-0.3, -0.25) is 4.72 Å². The van der Waals surface area contributed by atoms with Crippen LogP contribution in [0.5, 0.6) is 0 Å². The number of carboxylic acid groups (broad SMARTS) is 1. The molecule has 1 amide bonds. The van der Waals surface area contributed by atoms with Crippen LogP contribution in [0.2, 0.25) is 25.7 Å². The summed E-state index contributed by atoms with van der Waals surface area (Å²) >= 11 is 0. The topological polar surface area (TPSA) is 151 Å². The maximum absolute atomic E-state index is 13.3. The second-order valence-corrected chi connectivity index (χ2v) is 21.2. The van der Waals surface area contributed by atoms with Gasteiger partial charge in [-0.2, -0.15) is 0 Å². The van der Waals surface area contributed by atoms with Gasteiger partial charge in [0.05, 0.1) is 36.1 Å². The Hall–Kier alpha value is -4.18.